The molecule has 7 nitrogen and oxygen atoms in total. The number of aliphatic carboxylic acids is 1. The van der Waals surface area contributed by atoms with Crippen molar-refractivity contribution < 1.29 is 46.1 Å². The van der Waals surface area contributed by atoms with Gasteiger partial charge in [0.15, 0.2) is 0 Å². The quantitative estimate of drug-likeness (QED) is 0.0558. The predicted molar refractivity (Wildman–Crippen MR) is 143 cm³/mol. The van der Waals surface area contributed by atoms with E-state index in [-0.39, 0.29) is 35.7 Å². The van der Waals surface area contributed by atoms with Gasteiger partial charge in [0.25, 0.3) is 0 Å². The van der Waals surface area contributed by atoms with Gasteiger partial charge in [-0.1, -0.05) is 18.2 Å². The fourth-order valence-electron chi connectivity index (χ4n) is 3.66. The van der Waals surface area contributed by atoms with Crippen LogP contribution in [0.4, 0.5) is 33.3 Å². The number of ether oxygens (including phenoxy) is 2. The summed E-state index contributed by atoms with van der Waals surface area (Å²) < 4.78 is 72.9. The number of benzene rings is 3. The molecule has 0 unspecified atom stereocenters. The summed E-state index contributed by atoms with van der Waals surface area (Å²) in [6.07, 6.45) is -5.41. The molecule has 3 aromatic rings. The van der Waals surface area contributed by atoms with Gasteiger partial charge in [-0.3, -0.25) is 0 Å². The molecule has 0 aliphatic carbocycles. The second kappa shape index (κ2) is 13.2. The van der Waals surface area contributed by atoms with Crippen molar-refractivity contribution in [3.63, 3.8) is 0 Å². The minimum Gasteiger partial charge on any atom is -0.494 e. The molecule has 12 heteroatoms. The summed E-state index contributed by atoms with van der Waals surface area (Å²) in [5.41, 5.74) is 14.3. The zero-order chi connectivity index (χ0) is 30.2. The Hall–Kier alpha value is -4.61. The minimum atomic E-state index is -5.61. The standard InChI is InChI=1S/C29H27F5N2O5/c30-28(31,29(32,33)34)14-1-15-40-23-10-12-24(13-11-23)41-27(39)20-4-2-18(3-5-20)16-21(26(37)38)7-6-19-8-9-22(35)17-25(19)36/h2-5,8-13,16-17H,1,6-7,14-15,35-36H2,(H,37,38)/b21-16+. The molecule has 0 spiro atoms. The van der Waals surface area contributed by atoms with Gasteiger partial charge in [0.1, 0.15) is 11.5 Å². The summed E-state index contributed by atoms with van der Waals surface area (Å²) in [6.45, 7) is -0.357. The number of esters is 1. The maximum Gasteiger partial charge on any atom is 0.453 e. The Labute approximate surface area is 232 Å². The number of anilines is 2. The number of carboxylic acid groups (broad SMARTS) is 1. The topological polar surface area (TPSA) is 125 Å². The minimum absolute atomic E-state index is 0.144. The van der Waals surface area contributed by atoms with Gasteiger partial charge < -0.3 is 26.0 Å². The summed E-state index contributed by atoms with van der Waals surface area (Å²) in [7, 11) is 0. The third-order valence-corrected chi connectivity index (χ3v) is 5.95. The van der Waals surface area contributed by atoms with Crippen molar-refractivity contribution in [1.29, 1.82) is 0 Å². The normalized spacial score (nSPS) is 12.2. The number of carboxylic acids is 1. The van der Waals surface area contributed by atoms with E-state index in [1.807, 2.05) is 0 Å². The first kappa shape index (κ1) is 30.9. The lowest BCUT2D eigenvalue weighted by atomic mass is 10.0. The fourth-order valence-corrected chi connectivity index (χ4v) is 3.66. The zero-order valence-corrected chi connectivity index (χ0v) is 21.6. The van der Waals surface area contributed by atoms with E-state index < -0.39 is 36.9 Å². The maximum atomic E-state index is 12.9. The smallest absolute Gasteiger partial charge is 0.453 e. The molecule has 0 saturated carbocycles. The van der Waals surface area contributed by atoms with Crippen LogP contribution >= 0.6 is 0 Å². The average molecular weight is 579 g/mol. The van der Waals surface area contributed by atoms with E-state index in [0.717, 1.165) is 5.56 Å². The number of aryl methyl sites for hydroxylation is 1. The molecule has 5 N–H and O–H groups in total. The third-order valence-electron chi connectivity index (χ3n) is 5.95. The van der Waals surface area contributed by atoms with Crippen molar-refractivity contribution in [3.05, 3.63) is 89.0 Å². The van der Waals surface area contributed by atoms with Crippen molar-refractivity contribution >= 4 is 29.4 Å². The molecular formula is C29H27F5N2O5. The maximum absolute atomic E-state index is 12.9. The number of carbonyl (C=O) groups excluding carboxylic acids is 1. The molecule has 0 aliphatic rings. The SMILES string of the molecule is Nc1ccc(CC/C(=C\c2ccc(C(=O)Oc3ccc(OCCCC(F)(F)C(F)(F)F)cc3)cc2)C(=O)O)c(N)c1. The van der Waals surface area contributed by atoms with Gasteiger partial charge >= 0.3 is 24.0 Å². The Morgan fingerprint density at radius 1 is 0.878 bits per heavy atom. The first-order valence-corrected chi connectivity index (χ1v) is 12.3. The van der Waals surface area contributed by atoms with Crippen LogP contribution in [-0.4, -0.2) is 35.8 Å². The Balaban J connectivity index is 1.53. The fraction of sp³-hybridized carbons (Fsp3) is 0.241. The number of nitrogen functional groups attached to an aromatic ring is 2. The first-order valence-electron chi connectivity index (χ1n) is 12.3. The van der Waals surface area contributed by atoms with Gasteiger partial charge in [-0.05, 0) is 85.0 Å². The van der Waals surface area contributed by atoms with E-state index in [0.29, 0.717) is 23.4 Å². The molecule has 3 aromatic carbocycles. The number of nitrogens with two attached hydrogens (primary N) is 2. The highest BCUT2D eigenvalue weighted by Gasteiger charge is 2.56. The monoisotopic (exact) mass is 578 g/mol. The van der Waals surface area contributed by atoms with Crippen LogP contribution in [0.15, 0.2) is 72.3 Å². The van der Waals surface area contributed by atoms with E-state index in [9.17, 15) is 36.6 Å². The van der Waals surface area contributed by atoms with E-state index >= 15 is 0 Å². The lowest BCUT2D eigenvalue weighted by molar-refractivity contribution is -0.284. The number of hydrogen-bond donors (Lipinski definition) is 3. The highest BCUT2D eigenvalue weighted by molar-refractivity contribution is 5.93. The van der Waals surface area contributed by atoms with Crippen LogP contribution in [0.5, 0.6) is 11.5 Å². The predicted octanol–water partition coefficient (Wildman–Crippen LogP) is 6.53. The van der Waals surface area contributed by atoms with Crippen LogP contribution in [0.1, 0.15) is 40.7 Å². The molecule has 0 fully saturated rings. The van der Waals surface area contributed by atoms with Gasteiger partial charge in [-0.25, -0.2) is 9.59 Å². The Kier molecular flexibility index (Phi) is 9.93. The van der Waals surface area contributed by atoms with Crippen LogP contribution in [0, 0.1) is 0 Å². The number of carbonyl (C=O) groups is 2. The van der Waals surface area contributed by atoms with E-state index in [1.54, 1.807) is 30.3 Å². The molecule has 0 radical (unpaired) electrons. The van der Waals surface area contributed by atoms with Crippen LogP contribution in [0.25, 0.3) is 6.08 Å². The molecule has 0 amide bonds. The highest BCUT2D eigenvalue weighted by atomic mass is 19.4. The number of hydrogen-bond acceptors (Lipinski definition) is 6. The van der Waals surface area contributed by atoms with E-state index in [4.69, 9.17) is 20.9 Å². The van der Waals surface area contributed by atoms with Crippen molar-refractivity contribution in [2.24, 2.45) is 0 Å². The molecular weight excluding hydrogens is 551 g/mol. The second-order valence-electron chi connectivity index (χ2n) is 9.07. The van der Waals surface area contributed by atoms with Crippen LogP contribution in [0.2, 0.25) is 0 Å². The van der Waals surface area contributed by atoms with Gasteiger partial charge in [-0.15, -0.1) is 0 Å². The molecule has 0 heterocycles. The van der Waals surface area contributed by atoms with Crippen molar-refractivity contribution in [2.75, 3.05) is 18.1 Å². The van der Waals surface area contributed by atoms with Crippen LogP contribution < -0.4 is 20.9 Å². The van der Waals surface area contributed by atoms with Crippen molar-refractivity contribution in [2.45, 2.75) is 37.8 Å². The summed E-state index contributed by atoms with van der Waals surface area (Å²) in [5, 5.41) is 9.60. The van der Waals surface area contributed by atoms with Gasteiger partial charge in [0.05, 0.1) is 12.2 Å². The average Bonchev–Trinajstić information content (AvgIpc) is 2.90. The zero-order valence-electron chi connectivity index (χ0n) is 21.6. The van der Waals surface area contributed by atoms with Gasteiger partial charge in [-0.2, -0.15) is 22.0 Å². The summed E-state index contributed by atoms with van der Waals surface area (Å²) in [5.74, 6) is -6.22. The molecule has 0 aromatic heterocycles. The molecule has 3 rings (SSSR count). The second-order valence-corrected chi connectivity index (χ2v) is 9.07. The molecule has 0 bridgehead atoms. The number of alkyl halides is 5. The molecule has 0 aliphatic heterocycles. The molecule has 41 heavy (non-hydrogen) atoms. The lowest BCUT2D eigenvalue weighted by Gasteiger charge is -2.19. The van der Waals surface area contributed by atoms with Gasteiger partial charge in [0, 0.05) is 23.4 Å². The molecule has 0 atom stereocenters. The van der Waals surface area contributed by atoms with Crippen molar-refractivity contribution in [3.8, 4) is 11.5 Å². The number of halogens is 5. The van der Waals surface area contributed by atoms with Crippen LogP contribution in [0.3, 0.4) is 0 Å². The molecule has 0 saturated heterocycles. The Bertz CT molecular complexity index is 1390. The summed E-state index contributed by atoms with van der Waals surface area (Å²) in [6, 6.07) is 16.6. The van der Waals surface area contributed by atoms with E-state index in [2.05, 4.69) is 0 Å². The van der Waals surface area contributed by atoms with Crippen LogP contribution in [-0.2, 0) is 11.2 Å². The molecule has 218 valence electrons. The third kappa shape index (κ3) is 8.95. The lowest BCUT2D eigenvalue weighted by Crippen LogP contribution is -2.36. The summed E-state index contributed by atoms with van der Waals surface area (Å²) >= 11 is 0. The Morgan fingerprint density at radius 2 is 1.51 bits per heavy atom. The largest absolute Gasteiger partial charge is 0.494 e. The first-order chi connectivity index (χ1) is 19.2. The van der Waals surface area contributed by atoms with Gasteiger partial charge in [0.2, 0.25) is 0 Å². The van der Waals surface area contributed by atoms with Crippen molar-refractivity contribution in [1.82, 2.24) is 0 Å². The number of rotatable bonds is 12. The Morgan fingerprint density at radius 3 is 2.10 bits per heavy atom. The summed E-state index contributed by atoms with van der Waals surface area (Å²) in [4.78, 5) is 24.2. The van der Waals surface area contributed by atoms with E-state index in [1.165, 1.54) is 42.5 Å². The highest BCUT2D eigenvalue weighted by Crippen LogP contribution is 2.38.